The third kappa shape index (κ3) is 7.49. The second-order valence-corrected chi connectivity index (χ2v) is 19.9. The molecule has 0 fully saturated rings. The lowest BCUT2D eigenvalue weighted by Gasteiger charge is -2.31. The molecule has 0 saturated heterocycles. The van der Waals surface area contributed by atoms with Gasteiger partial charge in [-0.25, -0.2) is 4.98 Å². The molecule has 0 spiro atoms. The number of nitrogens with zero attached hydrogens (tertiary/aromatic N) is 4. The van der Waals surface area contributed by atoms with Gasteiger partial charge in [-0.3, -0.25) is 4.57 Å². The van der Waals surface area contributed by atoms with E-state index in [1.165, 1.54) is 39.0 Å². The van der Waals surface area contributed by atoms with Gasteiger partial charge in [-0.1, -0.05) is 152 Å². The Balaban J connectivity index is 1.07. The fourth-order valence-corrected chi connectivity index (χ4v) is 9.24. The van der Waals surface area contributed by atoms with Crippen LogP contribution in [-0.4, -0.2) is 16.2 Å². The maximum Gasteiger partial charge on any atom is 0.137 e. The summed E-state index contributed by atoms with van der Waals surface area (Å²) in [7, 11) is 0. The number of anilines is 4. The molecule has 318 valence electrons. The van der Waals surface area contributed by atoms with E-state index in [-0.39, 0.29) is 16.2 Å². The summed E-state index contributed by atoms with van der Waals surface area (Å²) >= 11 is 0. The fourth-order valence-electron chi connectivity index (χ4n) is 9.24. The minimum Gasteiger partial charge on any atom is -0.457 e. The largest absolute Gasteiger partial charge is 0.457 e. The highest BCUT2D eigenvalue weighted by atomic mass is 16.5. The normalized spacial score (nSPS) is 13.2. The monoisotopic (exact) mass is 836 g/mol. The van der Waals surface area contributed by atoms with Crippen molar-refractivity contribution < 1.29 is 4.74 Å². The number of hydrogen-bond donors (Lipinski definition) is 0. The fraction of sp³-hybridized carbons (Fsp3) is 0.203. The first kappa shape index (κ1) is 40.9. The summed E-state index contributed by atoms with van der Waals surface area (Å²) in [5.41, 5.74) is 13.8. The van der Waals surface area contributed by atoms with E-state index >= 15 is 0 Å². The maximum absolute atomic E-state index is 6.99. The molecule has 1 aliphatic heterocycles. The molecule has 64 heavy (non-hydrogen) atoms. The Morgan fingerprint density at radius 1 is 0.438 bits per heavy atom. The number of benzene rings is 7. The van der Waals surface area contributed by atoms with Gasteiger partial charge in [-0.05, 0) is 111 Å². The number of ether oxygens (including phenoxy) is 1. The molecule has 7 aromatic carbocycles. The second kappa shape index (κ2) is 15.6. The summed E-state index contributed by atoms with van der Waals surface area (Å²) in [6.45, 7) is 19.0. The van der Waals surface area contributed by atoms with E-state index in [0.29, 0.717) is 6.67 Å². The highest BCUT2D eigenvalue weighted by molar-refractivity contribution is 6.09. The number of pyridine rings is 1. The first-order chi connectivity index (χ1) is 30.7. The Kier molecular flexibility index (Phi) is 9.98. The Labute approximate surface area is 378 Å². The summed E-state index contributed by atoms with van der Waals surface area (Å²) in [5.74, 6) is 2.42. The quantitative estimate of drug-likeness (QED) is 0.153. The molecule has 10 rings (SSSR count). The standard InChI is InChI=1S/C59H56N4O/c1-57(2,3)43-29-30-60-56(36-43)63-52-24-16-15-23-50(52)51-28-27-48(38-55(51)63)64-49-32-41(40-19-11-9-12-20-40)31-46(37-49)61-39-62(54-26-18-17-25-53(54)61)47-34-44(58(4,5)6)33-45(35-47)59(7,8)42-21-13-10-14-22-42/h9-38H,39H2,1-8H3. The first-order valence-corrected chi connectivity index (χ1v) is 22.5. The van der Waals surface area contributed by atoms with Crippen molar-refractivity contribution in [1.29, 1.82) is 0 Å². The van der Waals surface area contributed by atoms with Gasteiger partial charge < -0.3 is 14.5 Å². The van der Waals surface area contributed by atoms with Crippen molar-refractivity contribution in [2.24, 2.45) is 0 Å². The Morgan fingerprint density at radius 3 is 1.75 bits per heavy atom. The predicted molar refractivity (Wildman–Crippen MR) is 269 cm³/mol. The average molecular weight is 837 g/mol. The summed E-state index contributed by atoms with van der Waals surface area (Å²) in [4.78, 5) is 9.81. The van der Waals surface area contributed by atoms with Gasteiger partial charge in [-0.2, -0.15) is 0 Å². The Bertz CT molecular complexity index is 3170. The van der Waals surface area contributed by atoms with Crippen LogP contribution in [0.2, 0.25) is 0 Å². The second-order valence-electron chi connectivity index (χ2n) is 19.9. The van der Waals surface area contributed by atoms with E-state index < -0.39 is 0 Å². The van der Waals surface area contributed by atoms with Crippen molar-refractivity contribution in [3.8, 4) is 28.4 Å². The molecular weight excluding hydrogens is 781 g/mol. The van der Waals surface area contributed by atoms with E-state index in [0.717, 1.165) is 56.2 Å². The minimum absolute atomic E-state index is 0.0161. The molecule has 0 saturated carbocycles. The van der Waals surface area contributed by atoms with E-state index in [1.54, 1.807) is 0 Å². The van der Waals surface area contributed by atoms with Gasteiger partial charge in [-0.15, -0.1) is 0 Å². The number of fused-ring (bicyclic) bond motifs is 4. The SMILES string of the molecule is CC(C)(C)c1cc(N2CN(c3cc(Oc4ccc5c6ccccc6n(-c6cc(C(C)(C)C)ccn6)c5c4)cc(-c4ccccc4)c3)c3ccccc32)cc(C(C)(C)c2ccccc2)c1. The van der Waals surface area contributed by atoms with Crippen molar-refractivity contribution in [1.82, 2.24) is 9.55 Å². The molecular formula is C59H56N4O. The summed E-state index contributed by atoms with van der Waals surface area (Å²) in [5, 5.41) is 2.34. The minimum atomic E-state index is -0.198. The van der Waals surface area contributed by atoms with Crippen LogP contribution in [0.15, 0.2) is 182 Å². The Morgan fingerprint density at radius 2 is 1.05 bits per heavy atom. The molecule has 0 bridgehead atoms. The average Bonchev–Trinajstić information content (AvgIpc) is 3.85. The molecule has 3 heterocycles. The third-order valence-electron chi connectivity index (χ3n) is 13.1. The van der Waals surface area contributed by atoms with Crippen LogP contribution in [0, 0.1) is 0 Å². The number of hydrogen-bond acceptors (Lipinski definition) is 4. The van der Waals surface area contributed by atoms with Crippen LogP contribution in [-0.2, 0) is 16.2 Å². The lowest BCUT2D eigenvalue weighted by Crippen LogP contribution is -2.26. The van der Waals surface area contributed by atoms with Crippen LogP contribution >= 0.6 is 0 Å². The van der Waals surface area contributed by atoms with Crippen LogP contribution in [0.1, 0.15) is 77.6 Å². The molecule has 0 radical (unpaired) electrons. The third-order valence-corrected chi connectivity index (χ3v) is 13.1. The first-order valence-electron chi connectivity index (χ1n) is 22.5. The van der Waals surface area contributed by atoms with Crippen LogP contribution in [0.4, 0.5) is 22.7 Å². The lowest BCUT2D eigenvalue weighted by molar-refractivity contribution is 0.483. The molecule has 0 amide bonds. The van der Waals surface area contributed by atoms with Gasteiger partial charge >= 0.3 is 0 Å². The van der Waals surface area contributed by atoms with Gasteiger partial charge in [0.15, 0.2) is 0 Å². The molecule has 9 aromatic rings. The zero-order valence-electron chi connectivity index (χ0n) is 38.2. The molecule has 0 N–H and O–H groups in total. The summed E-state index contributed by atoms with van der Waals surface area (Å²) in [6.07, 6.45) is 1.93. The highest BCUT2D eigenvalue weighted by Crippen LogP contribution is 2.48. The number of rotatable bonds is 8. The topological polar surface area (TPSA) is 33.5 Å². The van der Waals surface area contributed by atoms with E-state index in [2.05, 4.69) is 246 Å². The molecule has 2 aromatic heterocycles. The van der Waals surface area contributed by atoms with Gasteiger partial charge in [0.2, 0.25) is 0 Å². The van der Waals surface area contributed by atoms with Gasteiger partial charge in [0.25, 0.3) is 0 Å². The molecule has 0 atom stereocenters. The van der Waals surface area contributed by atoms with E-state index in [4.69, 9.17) is 9.72 Å². The number of aromatic nitrogens is 2. The summed E-state index contributed by atoms with van der Waals surface area (Å²) in [6, 6.07) is 63.5. The van der Waals surface area contributed by atoms with Gasteiger partial charge in [0.05, 0.1) is 22.4 Å². The highest BCUT2D eigenvalue weighted by Gasteiger charge is 2.32. The van der Waals surface area contributed by atoms with Crippen LogP contribution < -0.4 is 14.5 Å². The van der Waals surface area contributed by atoms with Crippen LogP contribution in [0.5, 0.6) is 11.5 Å². The maximum atomic E-state index is 6.99. The van der Waals surface area contributed by atoms with Gasteiger partial charge in [0.1, 0.15) is 24.0 Å². The van der Waals surface area contributed by atoms with Crippen LogP contribution in [0.25, 0.3) is 38.8 Å². The molecule has 5 heteroatoms. The van der Waals surface area contributed by atoms with Gasteiger partial charge in [0, 0.05) is 45.9 Å². The van der Waals surface area contributed by atoms with Crippen molar-refractivity contribution in [2.45, 2.75) is 71.6 Å². The van der Waals surface area contributed by atoms with E-state index in [9.17, 15) is 0 Å². The van der Waals surface area contributed by atoms with Crippen LogP contribution in [0.3, 0.4) is 0 Å². The predicted octanol–water partition coefficient (Wildman–Crippen LogP) is 15.8. The zero-order valence-corrected chi connectivity index (χ0v) is 38.2. The van der Waals surface area contributed by atoms with Crippen molar-refractivity contribution in [2.75, 3.05) is 16.5 Å². The van der Waals surface area contributed by atoms with Crippen molar-refractivity contribution in [3.63, 3.8) is 0 Å². The van der Waals surface area contributed by atoms with E-state index in [1.807, 2.05) is 6.20 Å². The molecule has 0 unspecified atom stereocenters. The van der Waals surface area contributed by atoms with Crippen molar-refractivity contribution >= 4 is 44.6 Å². The number of para-hydroxylation sites is 3. The lowest BCUT2D eigenvalue weighted by atomic mass is 9.75. The smallest absolute Gasteiger partial charge is 0.137 e. The summed E-state index contributed by atoms with van der Waals surface area (Å²) < 4.78 is 9.26. The zero-order chi connectivity index (χ0) is 44.4. The van der Waals surface area contributed by atoms with Crippen molar-refractivity contribution in [3.05, 3.63) is 204 Å². The molecule has 0 aliphatic carbocycles. The Hall–Kier alpha value is -7.11. The molecule has 1 aliphatic rings. The molecule has 5 nitrogen and oxygen atoms in total.